The summed E-state index contributed by atoms with van der Waals surface area (Å²) in [6, 6.07) is 6.82. The molecule has 0 N–H and O–H groups in total. The van der Waals surface area contributed by atoms with Gasteiger partial charge < -0.3 is 0 Å². The number of allylic oxidation sites excluding steroid dienone is 1. The Morgan fingerprint density at radius 2 is 2.00 bits per heavy atom. The highest BCUT2D eigenvalue weighted by molar-refractivity contribution is 5.49. The van der Waals surface area contributed by atoms with Gasteiger partial charge in [-0.25, -0.2) is 4.39 Å². The van der Waals surface area contributed by atoms with Crippen molar-refractivity contribution in [3.05, 3.63) is 41.7 Å². The molecule has 1 aromatic carbocycles. The minimum absolute atomic E-state index is 0.149. The summed E-state index contributed by atoms with van der Waals surface area (Å²) in [6.07, 6.45) is 12.4. The highest BCUT2D eigenvalue weighted by Gasteiger charge is 2.18. The standard InChI is InChI=1S/C17H23F/c1-2-4-14-7-9-15(10-8-14)11-12-16-5-3-6-17(18)13-16/h3,5-6,11-15H,2,4,7-10H2,1H3/t14-,15-. The topological polar surface area (TPSA) is 0 Å². The average Bonchev–Trinajstić information content (AvgIpc) is 2.38. The zero-order valence-electron chi connectivity index (χ0n) is 11.2. The fourth-order valence-corrected chi connectivity index (χ4v) is 2.94. The fourth-order valence-electron chi connectivity index (χ4n) is 2.94. The molecule has 0 heterocycles. The quantitative estimate of drug-likeness (QED) is 0.663. The fraction of sp³-hybridized carbons (Fsp3) is 0.529. The molecule has 0 nitrogen and oxygen atoms in total. The van der Waals surface area contributed by atoms with E-state index in [-0.39, 0.29) is 5.82 Å². The first-order valence-electron chi connectivity index (χ1n) is 7.21. The van der Waals surface area contributed by atoms with Gasteiger partial charge in [0.25, 0.3) is 0 Å². The Morgan fingerprint density at radius 3 is 2.67 bits per heavy atom. The van der Waals surface area contributed by atoms with Crippen LogP contribution in [0.1, 0.15) is 51.0 Å². The van der Waals surface area contributed by atoms with Crippen molar-refractivity contribution in [3.8, 4) is 0 Å². The minimum Gasteiger partial charge on any atom is -0.207 e. The minimum atomic E-state index is -0.149. The van der Waals surface area contributed by atoms with Crippen LogP contribution >= 0.6 is 0 Å². The molecule has 0 atom stereocenters. The summed E-state index contributed by atoms with van der Waals surface area (Å²) in [5, 5.41) is 0. The van der Waals surface area contributed by atoms with E-state index in [0.717, 1.165) is 11.5 Å². The Hall–Kier alpha value is -1.11. The first kappa shape index (κ1) is 13.3. The molecular formula is C17H23F. The van der Waals surface area contributed by atoms with Gasteiger partial charge in [0, 0.05) is 0 Å². The second-order valence-electron chi connectivity index (χ2n) is 5.48. The number of benzene rings is 1. The second kappa shape index (κ2) is 6.72. The summed E-state index contributed by atoms with van der Waals surface area (Å²) in [7, 11) is 0. The van der Waals surface area contributed by atoms with E-state index >= 15 is 0 Å². The number of rotatable bonds is 4. The maximum Gasteiger partial charge on any atom is 0.123 e. The van der Waals surface area contributed by atoms with Crippen LogP contribution in [0.4, 0.5) is 4.39 Å². The maximum absolute atomic E-state index is 13.0. The molecule has 98 valence electrons. The van der Waals surface area contributed by atoms with Crippen LogP contribution in [-0.4, -0.2) is 0 Å². The molecule has 0 radical (unpaired) electrons. The van der Waals surface area contributed by atoms with Gasteiger partial charge in [-0.1, -0.05) is 44.1 Å². The normalized spacial score (nSPS) is 24.6. The maximum atomic E-state index is 13.0. The lowest BCUT2D eigenvalue weighted by atomic mass is 9.80. The van der Waals surface area contributed by atoms with Gasteiger partial charge in [-0.05, 0) is 55.2 Å². The van der Waals surface area contributed by atoms with Crippen molar-refractivity contribution < 1.29 is 4.39 Å². The van der Waals surface area contributed by atoms with Crippen LogP contribution in [0.3, 0.4) is 0 Å². The first-order chi connectivity index (χ1) is 8.78. The largest absolute Gasteiger partial charge is 0.207 e. The van der Waals surface area contributed by atoms with Gasteiger partial charge in [-0.3, -0.25) is 0 Å². The van der Waals surface area contributed by atoms with E-state index in [2.05, 4.69) is 19.1 Å². The van der Waals surface area contributed by atoms with Gasteiger partial charge in [0.2, 0.25) is 0 Å². The summed E-state index contributed by atoms with van der Waals surface area (Å²) in [5.41, 5.74) is 0.977. The summed E-state index contributed by atoms with van der Waals surface area (Å²) >= 11 is 0. The van der Waals surface area contributed by atoms with Gasteiger partial charge >= 0.3 is 0 Å². The van der Waals surface area contributed by atoms with Crippen LogP contribution in [0.15, 0.2) is 30.3 Å². The molecule has 2 rings (SSSR count). The van der Waals surface area contributed by atoms with Crippen molar-refractivity contribution >= 4 is 6.08 Å². The Morgan fingerprint density at radius 1 is 1.22 bits per heavy atom. The molecular weight excluding hydrogens is 223 g/mol. The van der Waals surface area contributed by atoms with Gasteiger partial charge in [0.1, 0.15) is 5.82 Å². The van der Waals surface area contributed by atoms with Crippen molar-refractivity contribution in [2.24, 2.45) is 11.8 Å². The Labute approximate surface area is 110 Å². The van der Waals surface area contributed by atoms with Crippen LogP contribution in [0.2, 0.25) is 0 Å². The lowest BCUT2D eigenvalue weighted by Gasteiger charge is -2.26. The Bertz CT molecular complexity index is 386. The summed E-state index contributed by atoms with van der Waals surface area (Å²) in [5.74, 6) is 1.50. The van der Waals surface area contributed by atoms with Crippen molar-refractivity contribution in [1.29, 1.82) is 0 Å². The monoisotopic (exact) mass is 246 g/mol. The highest BCUT2D eigenvalue weighted by Crippen LogP contribution is 2.32. The molecule has 1 aliphatic carbocycles. The lowest BCUT2D eigenvalue weighted by Crippen LogP contribution is -2.12. The molecule has 0 bridgehead atoms. The van der Waals surface area contributed by atoms with Crippen molar-refractivity contribution in [3.63, 3.8) is 0 Å². The highest BCUT2D eigenvalue weighted by atomic mass is 19.1. The molecule has 0 saturated heterocycles. The second-order valence-corrected chi connectivity index (χ2v) is 5.48. The van der Waals surface area contributed by atoms with Crippen molar-refractivity contribution in [2.45, 2.75) is 45.4 Å². The molecule has 1 saturated carbocycles. The van der Waals surface area contributed by atoms with Crippen LogP contribution < -0.4 is 0 Å². The average molecular weight is 246 g/mol. The van der Waals surface area contributed by atoms with Crippen LogP contribution in [0.5, 0.6) is 0 Å². The van der Waals surface area contributed by atoms with Gasteiger partial charge in [0.05, 0.1) is 0 Å². The third-order valence-corrected chi connectivity index (χ3v) is 4.00. The van der Waals surface area contributed by atoms with E-state index < -0.39 is 0 Å². The van der Waals surface area contributed by atoms with Crippen LogP contribution in [0, 0.1) is 17.7 Å². The smallest absolute Gasteiger partial charge is 0.123 e. The van der Waals surface area contributed by atoms with Crippen LogP contribution in [-0.2, 0) is 0 Å². The van der Waals surface area contributed by atoms with E-state index in [4.69, 9.17) is 0 Å². The summed E-state index contributed by atoms with van der Waals surface area (Å²) in [4.78, 5) is 0. The Balaban J connectivity index is 1.84. The zero-order chi connectivity index (χ0) is 12.8. The molecule has 0 amide bonds. The summed E-state index contributed by atoms with van der Waals surface area (Å²) in [6.45, 7) is 2.27. The molecule has 0 unspecified atom stereocenters. The van der Waals surface area contributed by atoms with Crippen LogP contribution in [0.25, 0.3) is 6.08 Å². The molecule has 0 aliphatic heterocycles. The van der Waals surface area contributed by atoms with Gasteiger partial charge in [-0.2, -0.15) is 0 Å². The first-order valence-corrected chi connectivity index (χ1v) is 7.21. The van der Waals surface area contributed by atoms with Gasteiger partial charge in [0.15, 0.2) is 0 Å². The Kier molecular flexibility index (Phi) is 4.98. The third kappa shape index (κ3) is 3.97. The molecule has 1 fully saturated rings. The lowest BCUT2D eigenvalue weighted by molar-refractivity contribution is 0.295. The van der Waals surface area contributed by atoms with E-state index in [9.17, 15) is 4.39 Å². The molecule has 1 aromatic rings. The number of hydrogen-bond donors (Lipinski definition) is 0. The summed E-state index contributed by atoms with van der Waals surface area (Å²) < 4.78 is 13.0. The molecule has 1 heteroatoms. The molecule has 1 aliphatic rings. The SMILES string of the molecule is CCC[C@H]1CC[C@H](C=Cc2cccc(F)c2)CC1. The molecule has 0 spiro atoms. The van der Waals surface area contributed by atoms with Crippen molar-refractivity contribution in [2.75, 3.05) is 0 Å². The zero-order valence-corrected chi connectivity index (χ0v) is 11.2. The van der Waals surface area contributed by atoms with E-state index in [1.54, 1.807) is 12.1 Å². The van der Waals surface area contributed by atoms with Gasteiger partial charge in [-0.15, -0.1) is 0 Å². The van der Waals surface area contributed by atoms with E-state index in [1.807, 2.05) is 6.07 Å². The predicted molar refractivity (Wildman–Crippen MR) is 75.8 cm³/mol. The number of halogens is 1. The number of hydrogen-bond acceptors (Lipinski definition) is 0. The molecule has 18 heavy (non-hydrogen) atoms. The van der Waals surface area contributed by atoms with E-state index in [1.165, 1.54) is 44.6 Å². The predicted octanol–water partition coefficient (Wildman–Crippen LogP) is 5.45. The van der Waals surface area contributed by atoms with E-state index in [0.29, 0.717) is 5.92 Å². The van der Waals surface area contributed by atoms with Crippen molar-refractivity contribution in [1.82, 2.24) is 0 Å². The molecule has 0 aromatic heterocycles. The third-order valence-electron chi connectivity index (χ3n) is 4.00.